The second kappa shape index (κ2) is 9.28. The lowest BCUT2D eigenvalue weighted by Crippen LogP contribution is -2.48. The fraction of sp³-hybridized carbons (Fsp3) is 0.929. The SMILES string of the molecule is CCCC(C(=O)OCC)N(C)CCN1CCNCC1. The van der Waals surface area contributed by atoms with Gasteiger partial charge in [0, 0.05) is 39.3 Å². The van der Waals surface area contributed by atoms with Crippen LogP contribution in [0.25, 0.3) is 0 Å². The van der Waals surface area contributed by atoms with Crippen molar-refractivity contribution in [2.24, 2.45) is 0 Å². The van der Waals surface area contributed by atoms with Gasteiger partial charge in [0.05, 0.1) is 6.61 Å². The average molecular weight is 271 g/mol. The van der Waals surface area contributed by atoms with Crippen molar-refractivity contribution in [1.82, 2.24) is 15.1 Å². The molecule has 0 amide bonds. The van der Waals surface area contributed by atoms with Crippen molar-refractivity contribution in [2.75, 3.05) is 52.9 Å². The van der Waals surface area contributed by atoms with E-state index in [-0.39, 0.29) is 12.0 Å². The fourth-order valence-corrected chi connectivity index (χ4v) is 2.42. The predicted octanol–water partition coefficient (Wildman–Crippen LogP) is 0.555. The second-order valence-electron chi connectivity index (χ2n) is 5.13. The van der Waals surface area contributed by atoms with Gasteiger partial charge in [0.2, 0.25) is 0 Å². The van der Waals surface area contributed by atoms with Gasteiger partial charge < -0.3 is 10.1 Å². The maximum atomic E-state index is 11.9. The van der Waals surface area contributed by atoms with Crippen LogP contribution in [0.4, 0.5) is 0 Å². The maximum Gasteiger partial charge on any atom is 0.323 e. The summed E-state index contributed by atoms with van der Waals surface area (Å²) in [6.45, 7) is 10.7. The highest BCUT2D eigenvalue weighted by molar-refractivity contribution is 5.75. The zero-order chi connectivity index (χ0) is 14.1. The van der Waals surface area contributed by atoms with E-state index in [1.807, 2.05) is 14.0 Å². The Hall–Kier alpha value is -0.650. The van der Waals surface area contributed by atoms with Crippen LogP contribution in [-0.2, 0) is 9.53 Å². The molecule has 0 aliphatic carbocycles. The van der Waals surface area contributed by atoms with Crippen molar-refractivity contribution >= 4 is 5.97 Å². The van der Waals surface area contributed by atoms with Crippen LogP contribution >= 0.6 is 0 Å². The first-order valence-corrected chi connectivity index (χ1v) is 7.49. The number of hydrogen-bond donors (Lipinski definition) is 1. The lowest BCUT2D eigenvalue weighted by molar-refractivity contribution is -0.149. The highest BCUT2D eigenvalue weighted by Crippen LogP contribution is 2.08. The summed E-state index contributed by atoms with van der Waals surface area (Å²) in [5.74, 6) is -0.0767. The van der Waals surface area contributed by atoms with E-state index < -0.39 is 0 Å². The van der Waals surface area contributed by atoms with E-state index in [9.17, 15) is 4.79 Å². The summed E-state index contributed by atoms with van der Waals surface area (Å²) in [5, 5.41) is 3.35. The summed E-state index contributed by atoms with van der Waals surface area (Å²) in [6.07, 6.45) is 1.87. The standard InChI is InChI=1S/C14H29N3O2/c1-4-6-13(14(18)19-5-2)16(3)11-12-17-9-7-15-8-10-17/h13,15H,4-12H2,1-3H3. The molecule has 1 unspecified atom stereocenters. The Morgan fingerprint density at radius 1 is 1.37 bits per heavy atom. The van der Waals surface area contributed by atoms with Gasteiger partial charge >= 0.3 is 5.97 Å². The lowest BCUT2D eigenvalue weighted by atomic mass is 10.1. The van der Waals surface area contributed by atoms with E-state index in [1.54, 1.807) is 0 Å². The molecule has 0 bridgehead atoms. The van der Waals surface area contributed by atoms with E-state index in [1.165, 1.54) is 0 Å². The fourth-order valence-electron chi connectivity index (χ4n) is 2.42. The van der Waals surface area contributed by atoms with Crippen LogP contribution < -0.4 is 5.32 Å². The number of nitrogens with zero attached hydrogens (tertiary/aromatic N) is 2. The molecule has 1 heterocycles. The monoisotopic (exact) mass is 271 g/mol. The Morgan fingerprint density at radius 2 is 2.05 bits per heavy atom. The molecule has 0 radical (unpaired) electrons. The number of esters is 1. The lowest BCUT2D eigenvalue weighted by Gasteiger charge is -2.31. The van der Waals surface area contributed by atoms with Gasteiger partial charge in [-0.1, -0.05) is 13.3 Å². The topological polar surface area (TPSA) is 44.8 Å². The minimum absolute atomic E-state index is 0.0767. The number of carbonyl (C=O) groups is 1. The van der Waals surface area contributed by atoms with Gasteiger partial charge in [-0.2, -0.15) is 0 Å². The predicted molar refractivity (Wildman–Crippen MR) is 77.3 cm³/mol. The first kappa shape index (κ1) is 16.4. The first-order chi connectivity index (χ1) is 9.19. The number of ether oxygens (including phenoxy) is 1. The molecule has 1 saturated heterocycles. The molecule has 0 aromatic rings. The Balaban J connectivity index is 2.37. The third-order valence-electron chi connectivity index (χ3n) is 3.63. The molecule has 112 valence electrons. The van der Waals surface area contributed by atoms with Gasteiger partial charge in [-0.25, -0.2) is 0 Å². The highest BCUT2D eigenvalue weighted by Gasteiger charge is 2.23. The molecule has 0 spiro atoms. The molecular weight excluding hydrogens is 242 g/mol. The minimum atomic E-state index is -0.0899. The van der Waals surface area contributed by atoms with Crippen molar-refractivity contribution in [3.63, 3.8) is 0 Å². The summed E-state index contributed by atoms with van der Waals surface area (Å²) in [6, 6.07) is -0.0899. The Labute approximate surface area is 117 Å². The van der Waals surface area contributed by atoms with E-state index in [0.29, 0.717) is 6.61 Å². The Morgan fingerprint density at radius 3 is 2.63 bits per heavy atom. The van der Waals surface area contributed by atoms with Crippen LogP contribution in [0.15, 0.2) is 0 Å². The number of carbonyl (C=O) groups excluding carboxylic acids is 1. The quantitative estimate of drug-likeness (QED) is 0.653. The van der Waals surface area contributed by atoms with E-state index in [2.05, 4.69) is 22.0 Å². The van der Waals surface area contributed by atoms with Crippen molar-refractivity contribution in [3.05, 3.63) is 0 Å². The van der Waals surface area contributed by atoms with Crippen LogP contribution in [0.5, 0.6) is 0 Å². The number of likely N-dealkylation sites (N-methyl/N-ethyl adjacent to an activating group) is 1. The molecule has 1 fully saturated rings. The van der Waals surface area contributed by atoms with Crippen LogP contribution in [0, 0.1) is 0 Å². The van der Waals surface area contributed by atoms with Crippen molar-refractivity contribution in [1.29, 1.82) is 0 Å². The van der Waals surface area contributed by atoms with Gasteiger partial charge in [-0.3, -0.25) is 14.6 Å². The smallest absolute Gasteiger partial charge is 0.323 e. The van der Waals surface area contributed by atoms with Gasteiger partial charge in [0.15, 0.2) is 0 Å². The zero-order valence-corrected chi connectivity index (χ0v) is 12.7. The molecule has 5 heteroatoms. The van der Waals surface area contributed by atoms with Crippen LogP contribution in [0.3, 0.4) is 0 Å². The van der Waals surface area contributed by atoms with Crippen molar-refractivity contribution in [3.8, 4) is 0 Å². The van der Waals surface area contributed by atoms with Gasteiger partial charge in [-0.15, -0.1) is 0 Å². The molecule has 1 aliphatic heterocycles. The number of nitrogens with one attached hydrogen (secondary N) is 1. The second-order valence-corrected chi connectivity index (χ2v) is 5.13. The minimum Gasteiger partial charge on any atom is -0.465 e. The summed E-state index contributed by atoms with van der Waals surface area (Å²) in [7, 11) is 2.03. The molecule has 1 atom stereocenters. The molecule has 0 aromatic heterocycles. The number of rotatable bonds is 8. The molecule has 1 rings (SSSR count). The average Bonchev–Trinajstić information content (AvgIpc) is 2.43. The van der Waals surface area contributed by atoms with Crippen LogP contribution in [0.1, 0.15) is 26.7 Å². The summed E-state index contributed by atoms with van der Waals surface area (Å²) >= 11 is 0. The molecular formula is C14H29N3O2. The van der Waals surface area contributed by atoms with Crippen molar-refractivity contribution < 1.29 is 9.53 Å². The van der Waals surface area contributed by atoms with Gasteiger partial charge in [0.1, 0.15) is 6.04 Å². The number of piperazine rings is 1. The van der Waals surface area contributed by atoms with Crippen molar-refractivity contribution in [2.45, 2.75) is 32.7 Å². The largest absolute Gasteiger partial charge is 0.465 e. The number of hydrogen-bond acceptors (Lipinski definition) is 5. The molecule has 19 heavy (non-hydrogen) atoms. The Kier molecular flexibility index (Phi) is 8.02. The summed E-state index contributed by atoms with van der Waals surface area (Å²) in [5.41, 5.74) is 0. The molecule has 0 saturated carbocycles. The van der Waals surface area contributed by atoms with Crippen LogP contribution in [0.2, 0.25) is 0 Å². The van der Waals surface area contributed by atoms with Gasteiger partial charge in [0.25, 0.3) is 0 Å². The first-order valence-electron chi connectivity index (χ1n) is 7.49. The molecule has 1 aliphatic rings. The van der Waals surface area contributed by atoms with E-state index >= 15 is 0 Å². The normalized spacial score (nSPS) is 18.5. The summed E-state index contributed by atoms with van der Waals surface area (Å²) < 4.78 is 5.17. The highest BCUT2D eigenvalue weighted by atomic mass is 16.5. The third kappa shape index (κ3) is 5.89. The molecule has 5 nitrogen and oxygen atoms in total. The van der Waals surface area contributed by atoms with E-state index in [4.69, 9.17) is 4.74 Å². The summed E-state index contributed by atoms with van der Waals surface area (Å²) in [4.78, 5) is 16.5. The molecule has 1 N–H and O–H groups in total. The maximum absolute atomic E-state index is 11.9. The third-order valence-corrected chi connectivity index (χ3v) is 3.63. The van der Waals surface area contributed by atoms with Gasteiger partial charge in [-0.05, 0) is 20.4 Å². The Bertz CT molecular complexity index is 255. The van der Waals surface area contributed by atoms with Crippen LogP contribution in [-0.4, -0.2) is 74.7 Å². The molecule has 0 aromatic carbocycles. The van der Waals surface area contributed by atoms with E-state index in [0.717, 1.165) is 52.1 Å². The zero-order valence-electron chi connectivity index (χ0n) is 12.7.